The summed E-state index contributed by atoms with van der Waals surface area (Å²) in [5, 5.41) is 19.1. The van der Waals surface area contributed by atoms with Gasteiger partial charge < -0.3 is 5.32 Å². The quantitative estimate of drug-likeness (QED) is 0.522. The van der Waals surface area contributed by atoms with Gasteiger partial charge in [-0.25, -0.2) is 4.68 Å². The van der Waals surface area contributed by atoms with E-state index < -0.39 is 11.0 Å². The van der Waals surface area contributed by atoms with Crippen LogP contribution in [0, 0.1) is 17.0 Å². The summed E-state index contributed by atoms with van der Waals surface area (Å²) in [6, 6.07) is 13.8. The summed E-state index contributed by atoms with van der Waals surface area (Å²) in [7, 11) is 0. The van der Waals surface area contributed by atoms with Crippen molar-refractivity contribution in [2.24, 2.45) is 0 Å². The first-order valence-corrected chi connectivity index (χ1v) is 9.82. The molecule has 0 radical (unpaired) electrons. The van der Waals surface area contributed by atoms with Crippen molar-refractivity contribution in [3.8, 4) is 11.4 Å². The number of benzene rings is 2. The Kier molecular flexibility index (Phi) is 4.20. The van der Waals surface area contributed by atoms with Gasteiger partial charge in [0.1, 0.15) is 6.04 Å². The Balaban J connectivity index is 1.64. The number of hydrogen-bond donors (Lipinski definition) is 1. The zero-order valence-electron chi connectivity index (χ0n) is 16.3. The van der Waals surface area contributed by atoms with Crippen LogP contribution in [-0.2, 0) is 4.79 Å². The number of anilines is 1. The molecule has 0 saturated carbocycles. The van der Waals surface area contributed by atoms with Gasteiger partial charge in [-0.05, 0) is 37.5 Å². The molecule has 0 bridgehead atoms. The van der Waals surface area contributed by atoms with Crippen LogP contribution >= 0.6 is 0 Å². The van der Waals surface area contributed by atoms with Crippen LogP contribution in [0.3, 0.4) is 0 Å². The maximum Gasteiger partial charge on any atom is 0.269 e. The Morgan fingerprint density at radius 3 is 2.53 bits per heavy atom. The van der Waals surface area contributed by atoms with Crippen LogP contribution in [0.1, 0.15) is 36.4 Å². The first-order chi connectivity index (χ1) is 14.5. The largest absolute Gasteiger partial charge is 0.328 e. The molecule has 1 aliphatic carbocycles. The van der Waals surface area contributed by atoms with Crippen molar-refractivity contribution >= 4 is 17.4 Å². The van der Waals surface area contributed by atoms with Gasteiger partial charge in [0.15, 0.2) is 11.6 Å². The highest BCUT2D eigenvalue weighted by atomic mass is 16.6. The van der Waals surface area contributed by atoms with E-state index in [9.17, 15) is 14.9 Å². The molecule has 8 nitrogen and oxygen atoms in total. The second kappa shape index (κ2) is 6.91. The standard InChI is InChI=1S/C22H19N5O3/c1-13-5-7-15(8-6-13)21-24-22-23-17-3-2-4-18(28)19(17)20(26(22)25-21)14-9-11-16(12-10-14)27(29)30/h5-12,20H,2-4H2,1H3,(H,23,24,25). The van der Waals surface area contributed by atoms with E-state index in [4.69, 9.17) is 5.10 Å². The molecule has 3 aromatic rings. The number of carbonyl (C=O) groups excluding carboxylic acids is 1. The highest BCUT2D eigenvalue weighted by molar-refractivity contribution is 5.99. The zero-order valence-corrected chi connectivity index (χ0v) is 16.3. The number of rotatable bonds is 3. The van der Waals surface area contributed by atoms with Crippen molar-refractivity contribution in [1.82, 2.24) is 14.8 Å². The highest BCUT2D eigenvalue weighted by Gasteiger charge is 2.37. The number of nitro benzene ring substituents is 1. The smallest absolute Gasteiger partial charge is 0.269 e. The fraction of sp³-hybridized carbons (Fsp3) is 0.227. The van der Waals surface area contributed by atoms with Crippen molar-refractivity contribution in [1.29, 1.82) is 0 Å². The van der Waals surface area contributed by atoms with E-state index in [0.29, 0.717) is 23.8 Å². The predicted molar refractivity (Wildman–Crippen MR) is 111 cm³/mol. The van der Waals surface area contributed by atoms with Crippen molar-refractivity contribution in [3.05, 3.63) is 81.0 Å². The summed E-state index contributed by atoms with van der Waals surface area (Å²) in [4.78, 5) is 28.1. The molecule has 30 heavy (non-hydrogen) atoms. The molecule has 0 saturated heterocycles. The van der Waals surface area contributed by atoms with Crippen LogP contribution in [-0.4, -0.2) is 25.5 Å². The Bertz CT molecular complexity index is 1190. The van der Waals surface area contributed by atoms with Crippen LogP contribution in [0.25, 0.3) is 11.4 Å². The molecular weight excluding hydrogens is 382 g/mol. The monoisotopic (exact) mass is 401 g/mol. The topological polar surface area (TPSA) is 103 Å². The third-order valence-electron chi connectivity index (χ3n) is 5.60. The van der Waals surface area contributed by atoms with E-state index in [1.54, 1.807) is 16.8 Å². The molecule has 1 aliphatic heterocycles. The normalized spacial score (nSPS) is 17.9. The second-order valence-corrected chi connectivity index (χ2v) is 7.61. The molecule has 1 unspecified atom stereocenters. The number of aromatic nitrogens is 3. The summed E-state index contributed by atoms with van der Waals surface area (Å²) >= 11 is 0. The number of ketones is 1. The predicted octanol–water partition coefficient (Wildman–Crippen LogP) is 4.18. The number of Topliss-reactive ketones (excluding diaryl/α,β-unsaturated/α-hetero) is 1. The van der Waals surface area contributed by atoms with E-state index in [0.717, 1.165) is 35.2 Å². The number of hydrogen-bond acceptors (Lipinski definition) is 6. The number of nitrogens with zero attached hydrogens (tertiary/aromatic N) is 4. The van der Waals surface area contributed by atoms with Gasteiger partial charge in [0.2, 0.25) is 5.95 Å². The molecule has 150 valence electrons. The minimum absolute atomic E-state index is 0.0102. The third-order valence-corrected chi connectivity index (χ3v) is 5.60. The number of nitro groups is 1. The molecule has 2 heterocycles. The maximum atomic E-state index is 12.8. The summed E-state index contributed by atoms with van der Waals surface area (Å²) in [5.41, 5.74) is 4.35. The van der Waals surface area contributed by atoms with Crippen LogP contribution in [0.5, 0.6) is 0 Å². The molecular formula is C22H19N5O3. The lowest BCUT2D eigenvalue weighted by Crippen LogP contribution is -2.31. The number of carbonyl (C=O) groups is 1. The van der Waals surface area contributed by atoms with Gasteiger partial charge in [-0.1, -0.05) is 29.8 Å². The van der Waals surface area contributed by atoms with E-state index >= 15 is 0 Å². The molecule has 1 aromatic heterocycles. The minimum Gasteiger partial charge on any atom is -0.328 e. The molecule has 1 N–H and O–H groups in total. The summed E-state index contributed by atoms with van der Waals surface area (Å²) < 4.78 is 1.72. The lowest BCUT2D eigenvalue weighted by Gasteiger charge is -2.32. The van der Waals surface area contributed by atoms with Gasteiger partial charge in [-0.3, -0.25) is 14.9 Å². The third kappa shape index (κ3) is 2.97. The van der Waals surface area contributed by atoms with Crippen LogP contribution < -0.4 is 5.32 Å². The van der Waals surface area contributed by atoms with Crippen LogP contribution in [0.2, 0.25) is 0 Å². The fourth-order valence-electron chi connectivity index (χ4n) is 4.07. The number of aryl methyl sites for hydroxylation is 1. The van der Waals surface area contributed by atoms with Gasteiger partial charge in [0.05, 0.1) is 4.92 Å². The Hall–Kier alpha value is -3.81. The van der Waals surface area contributed by atoms with E-state index in [2.05, 4.69) is 10.3 Å². The van der Waals surface area contributed by atoms with Gasteiger partial charge >= 0.3 is 0 Å². The minimum atomic E-state index is -0.462. The first kappa shape index (κ1) is 18.2. The maximum absolute atomic E-state index is 12.8. The van der Waals surface area contributed by atoms with Crippen LogP contribution in [0.4, 0.5) is 11.6 Å². The second-order valence-electron chi connectivity index (χ2n) is 7.61. The van der Waals surface area contributed by atoms with Crippen molar-refractivity contribution < 1.29 is 9.72 Å². The molecule has 0 amide bonds. The van der Waals surface area contributed by atoms with Crippen molar-refractivity contribution in [2.75, 3.05) is 5.32 Å². The average molecular weight is 401 g/mol. The lowest BCUT2D eigenvalue weighted by molar-refractivity contribution is -0.384. The Morgan fingerprint density at radius 1 is 1.10 bits per heavy atom. The van der Waals surface area contributed by atoms with E-state index in [1.165, 1.54) is 12.1 Å². The number of fused-ring (bicyclic) bond motifs is 1. The molecule has 0 spiro atoms. The zero-order chi connectivity index (χ0) is 20.8. The van der Waals surface area contributed by atoms with Gasteiger partial charge in [0.25, 0.3) is 5.69 Å². The molecule has 1 atom stereocenters. The van der Waals surface area contributed by atoms with Gasteiger partial charge in [0, 0.05) is 35.4 Å². The van der Waals surface area contributed by atoms with Gasteiger partial charge in [-0.2, -0.15) is 4.98 Å². The summed E-state index contributed by atoms with van der Waals surface area (Å²) in [5.74, 6) is 1.21. The Morgan fingerprint density at radius 2 is 1.83 bits per heavy atom. The van der Waals surface area contributed by atoms with E-state index in [1.807, 2.05) is 31.2 Å². The molecule has 0 fully saturated rings. The average Bonchev–Trinajstić information content (AvgIpc) is 3.16. The van der Waals surface area contributed by atoms with Crippen LogP contribution in [0.15, 0.2) is 59.8 Å². The number of nitrogens with one attached hydrogen (secondary N) is 1. The van der Waals surface area contributed by atoms with Crippen molar-refractivity contribution in [3.63, 3.8) is 0 Å². The van der Waals surface area contributed by atoms with Crippen molar-refractivity contribution in [2.45, 2.75) is 32.2 Å². The summed E-state index contributed by atoms with van der Waals surface area (Å²) in [6.07, 6.45) is 2.03. The molecule has 2 aliphatic rings. The Labute approximate surface area is 172 Å². The molecule has 5 rings (SSSR count). The molecule has 8 heteroatoms. The lowest BCUT2D eigenvalue weighted by atomic mass is 9.85. The SMILES string of the molecule is Cc1ccc(-c2nc3n(n2)C(c2ccc([N+](=O)[O-])cc2)C2=C(CCCC2=O)N3)cc1. The summed E-state index contributed by atoms with van der Waals surface area (Å²) in [6.45, 7) is 2.02. The fourth-order valence-corrected chi connectivity index (χ4v) is 4.07. The highest BCUT2D eigenvalue weighted by Crippen LogP contribution is 2.40. The number of allylic oxidation sites excluding steroid dienone is 2. The number of non-ortho nitro benzene ring substituents is 1. The molecule has 2 aromatic carbocycles. The van der Waals surface area contributed by atoms with Gasteiger partial charge in [-0.15, -0.1) is 5.10 Å². The van der Waals surface area contributed by atoms with E-state index in [-0.39, 0.29) is 11.5 Å². The first-order valence-electron chi connectivity index (χ1n) is 9.82.